The predicted octanol–water partition coefficient (Wildman–Crippen LogP) is 4.43. The molecule has 0 spiro atoms. The molecular weight excluding hydrogens is 332 g/mol. The number of benzene rings is 2. The van der Waals surface area contributed by atoms with Crippen molar-refractivity contribution < 1.29 is 9.53 Å². The van der Waals surface area contributed by atoms with Gasteiger partial charge in [0, 0.05) is 17.1 Å². The van der Waals surface area contributed by atoms with E-state index in [1.54, 1.807) is 4.90 Å². The molecular formula is C20H22N2O2S. The van der Waals surface area contributed by atoms with E-state index < -0.39 is 0 Å². The maximum Gasteiger partial charge on any atom is 0.237 e. The summed E-state index contributed by atoms with van der Waals surface area (Å²) in [7, 11) is 0. The van der Waals surface area contributed by atoms with E-state index in [0.29, 0.717) is 25.3 Å². The molecule has 0 saturated heterocycles. The van der Waals surface area contributed by atoms with E-state index in [9.17, 15) is 4.79 Å². The van der Waals surface area contributed by atoms with Crippen molar-refractivity contribution in [2.75, 3.05) is 23.8 Å². The fourth-order valence-electron chi connectivity index (χ4n) is 2.38. The Kier molecular flexibility index (Phi) is 7.36. The fraction of sp³-hybridized carbons (Fsp3) is 0.300. The first-order chi connectivity index (χ1) is 12.1. The van der Waals surface area contributed by atoms with E-state index in [2.05, 4.69) is 12.1 Å². The normalized spacial score (nSPS) is 10.1. The van der Waals surface area contributed by atoms with E-state index in [4.69, 9.17) is 10.00 Å². The summed E-state index contributed by atoms with van der Waals surface area (Å²) < 4.78 is 5.44. The minimum atomic E-state index is -0.00841. The monoisotopic (exact) mass is 354 g/mol. The van der Waals surface area contributed by atoms with Crippen LogP contribution in [0.25, 0.3) is 0 Å². The summed E-state index contributed by atoms with van der Waals surface area (Å²) in [6.45, 7) is 4.95. The molecule has 0 N–H and O–H groups in total. The number of nitrogens with zero attached hydrogens (tertiary/aromatic N) is 2. The molecule has 2 rings (SSSR count). The number of rotatable bonds is 8. The molecule has 0 aromatic heterocycles. The molecule has 2 aromatic rings. The Morgan fingerprint density at radius 3 is 2.64 bits per heavy atom. The molecule has 1 amide bonds. The van der Waals surface area contributed by atoms with Gasteiger partial charge in [0.05, 0.1) is 24.8 Å². The summed E-state index contributed by atoms with van der Waals surface area (Å²) in [5.74, 6) is 1.10. The van der Waals surface area contributed by atoms with Gasteiger partial charge in [0.15, 0.2) is 0 Å². The van der Waals surface area contributed by atoms with Crippen LogP contribution in [0.4, 0.5) is 5.69 Å². The van der Waals surface area contributed by atoms with Crippen molar-refractivity contribution in [3.05, 3.63) is 54.1 Å². The van der Waals surface area contributed by atoms with E-state index in [1.165, 1.54) is 17.3 Å². The Hall–Kier alpha value is -2.45. The highest BCUT2D eigenvalue weighted by molar-refractivity contribution is 8.00. The Morgan fingerprint density at radius 2 is 2.00 bits per heavy atom. The average molecular weight is 354 g/mol. The van der Waals surface area contributed by atoms with Gasteiger partial charge in [0.2, 0.25) is 5.91 Å². The molecule has 0 radical (unpaired) electrons. The first-order valence-corrected chi connectivity index (χ1v) is 9.22. The summed E-state index contributed by atoms with van der Waals surface area (Å²) in [4.78, 5) is 15.4. The van der Waals surface area contributed by atoms with Gasteiger partial charge in [-0.2, -0.15) is 5.26 Å². The molecule has 25 heavy (non-hydrogen) atoms. The molecule has 5 heteroatoms. The average Bonchev–Trinajstić information content (AvgIpc) is 2.62. The molecule has 4 nitrogen and oxygen atoms in total. The quantitative estimate of drug-likeness (QED) is 0.658. The first-order valence-electron chi connectivity index (χ1n) is 8.23. The molecule has 2 aromatic carbocycles. The van der Waals surface area contributed by atoms with Gasteiger partial charge in [-0.05, 0) is 50.2 Å². The fourth-order valence-corrected chi connectivity index (χ4v) is 3.27. The summed E-state index contributed by atoms with van der Waals surface area (Å²) in [6.07, 6.45) is 0.300. The summed E-state index contributed by atoms with van der Waals surface area (Å²) >= 11 is 1.51. The third-order valence-corrected chi connectivity index (χ3v) is 4.54. The second kappa shape index (κ2) is 9.75. The number of carbonyl (C=O) groups excluding carboxylic acids is 1. The number of anilines is 1. The lowest BCUT2D eigenvalue weighted by atomic mass is 10.2. The first kappa shape index (κ1) is 18.9. The highest BCUT2D eigenvalue weighted by atomic mass is 32.2. The second-order valence-corrected chi connectivity index (χ2v) is 6.53. The summed E-state index contributed by atoms with van der Waals surface area (Å²) in [5, 5.41) is 8.88. The highest BCUT2D eigenvalue weighted by Gasteiger charge is 2.16. The van der Waals surface area contributed by atoms with Gasteiger partial charge in [0.25, 0.3) is 0 Å². The van der Waals surface area contributed by atoms with Crippen molar-refractivity contribution in [3.63, 3.8) is 0 Å². The van der Waals surface area contributed by atoms with Crippen LogP contribution in [0.1, 0.15) is 18.9 Å². The van der Waals surface area contributed by atoms with Crippen LogP contribution in [-0.4, -0.2) is 24.8 Å². The SMILES string of the molecule is CCOc1ccc(N(CCC#N)C(=O)CSc2cccc(C)c2)cc1. The number of hydrogen-bond donors (Lipinski definition) is 0. The summed E-state index contributed by atoms with van der Waals surface area (Å²) in [5.41, 5.74) is 1.96. The van der Waals surface area contributed by atoms with Crippen LogP contribution < -0.4 is 9.64 Å². The lowest BCUT2D eigenvalue weighted by Crippen LogP contribution is -2.33. The maximum atomic E-state index is 12.7. The Morgan fingerprint density at radius 1 is 1.24 bits per heavy atom. The minimum Gasteiger partial charge on any atom is -0.494 e. The van der Waals surface area contributed by atoms with Gasteiger partial charge in [-0.1, -0.05) is 17.7 Å². The molecule has 0 bridgehead atoms. The molecule has 0 unspecified atom stereocenters. The van der Waals surface area contributed by atoms with Gasteiger partial charge in [-0.25, -0.2) is 0 Å². The number of hydrogen-bond acceptors (Lipinski definition) is 4. The van der Waals surface area contributed by atoms with Crippen LogP contribution in [-0.2, 0) is 4.79 Å². The molecule has 0 aliphatic heterocycles. The van der Waals surface area contributed by atoms with Crippen LogP contribution in [0, 0.1) is 18.3 Å². The smallest absolute Gasteiger partial charge is 0.237 e. The van der Waals surface area contributed by atoms with E-state index in [0.717, 1.165) is 16.3 Å². The number of aryl methyl sites for hydroxylation is 1. The number of amides is 1. The third-order valence-electron chi connectivity index (χ3n) is 3.56. The van der Waals surface area contributed by atoms with E-state index in [1.807, 2.05) is 56.3 Å². The van der Waals surface area contributed by atoms with E-state index in [-0.39, 0.29) is 5.91 Å². The molecule has 0 fully saturated rings. The molecule has 130 valence electrons. The Labute approximate surface area is 153 Å². The van der Waals surface area contributed by atoms with Crippen molar-refractivity contribution in [1.29, 1.82) is 5.26 Å². The van der Waals surface area contributed by atoms with Gasteiger partial charge >= 0.3 is 0 Å². The second-order valence-electron chi connectivity index (χ2n) is 5.49. The predicted molar refractivity (Wildman–Crippen MR) is 102 cm³/mol. The lowest BCUT2D eigenvalue weighted by molar-refractivity contribution is -0.116. The zero-order valence-corrected chi connectivity index (χ0v) is 15.4. The van der Waals surface area contributed by atoms with Crippen molar-refractivity contribution in [1.82, 2.24) is 0 Å². The van der Waals surface area contributed by atoms with Crippen molar-refractivity contribution in [2.24, 2.45) is 0 Å². The highest BCUT2D eigenvalue weighted by Crippen LogP contribution is 2.23. The van der Waals surface area contributed by atoms with Crippen molar-refractivity contribution in [2.45, 2.75) is 25.2 Å². The van der Waals surface area contributed by atoms with Crippen LogP contribution in [0.5, 0.6) is 5.75 Å². The molecule has 0 saturated carbocycles. The van der Waals surface area contributed by atoms with Crippen LogP contribution >= 0.6 is 11.8 Å². The van der Waals surface area contributed by atoms with Crippen LogP contribution in [0.2, 0.25) is 0 Å². The lowest BCUT2D eigenvalue weighted by Gasteiger charge is -2.22. The molecule has 0 atom stereocenters. The zero-order valence-electron chi connectivity index (χ0n) is 14.6. The number of carbonyl (C=O) groups is 1. The largest absolute Gasteiger partial charge is 0.494 e. The Balaban J connectivity index is 2.07. The topological polar surface area (TPSA) is 53.3 Å². The zero-order chi connectivity index (χ0) is 18.1. The minimum absolute atomic E-state index is 0.00841. The molecule has 0 aliphatic carbocycles. The number of thioether (sulfide) groups is 1. The van der Waals surface area contributed by atoms with Gasteiger partial charge in [0.1, 0.15) is 5.75 Å². The van der Waals surface area contributed by atoms with Gasteiger partial charge < -0.3 is 9.64 Å². The maximum absolute atomic E-state index is 12.7. The van der Waals surface area contributed by atoms with E-state index >= 15 is 0 Å². The standard InChI is InChI=1S/C20H22N2O2S/c1-3-24-18-10-8-17(9-11-18)22(13-5-12-21)20(23)15-25-19-7-4-6-16(2)14-19/h4,6-11,14H,3,5,13,15H2,1-2H3. The number of ether oxygens (including phenoxy) is 1. The van der Waals surface area contributed by atoms with Crippen LogP contribution in [0.3, 0.4) is 0 Å². The molecule has 0 aliphatic rings. The van der Waals surface area contributed by atoms with Gasteiger partial charge in [-0.15, -0.1) is 11.8 Å². The van der Waals surface area contributed by atoms with Crippen molar-refractivity contribution in [3.8, 4) is 11.8 Å². The summed E-state index contributed by atoms with van der Waals surface area (Å²) in [6, 6.07) is 17.6. The van der Waals surface area contributed by atoms with Gasteiger partial charge in [-0.3, -0.25) is 4.79 Å². The van der Waals surface area contributed by atoms with Crippen LogP contribution in [0.15, 0.2) is 53.4 Å². The molecule has 0 heterocycles. The third kappa shape index (κ3) is 5.84. The Bertz CT molecular complexity index is 738. The number of nitriles is 1. The van der Waals surface area contributed by atoms with Crippen molar-refractivity contribution >= 4 is 23.4 Å².